The maximum Gasteiger partial charge on any atom is 0.276 e. The first-order chi connectivity index (χ1) is 10.1. The molecular formula is C16H17N3O2. The summed E-state index contributed by atoms with van der Waals surface area (Å²) in [5, 5.41) is 12.2. The zero-order chi connectivity index (χ0) is 15.0. The highest BCUT2D eigenvalue weighted by Crippen LogP contribution is 2.26. The minimum absolute atomic E-state index is 0.0605. The van der Waals surface area contributed by atoms with E-state index in [-0.39, 0.29) is 12.2 Å². The van der Waals surface area contributed by atoms with E-state index in [1.165, 1.54) is 4.52 Å². The molecule has 2 aromatic heterocycles. The number of hydrogen-bond donors (Lipinski definition) is 2. The third kappa shape index (κ3) is 2.15. The van der Waals surface area contributed by atoms with Crippen molar-refractivity contribution in [3.63, 3.8) is 0 Å². The van der Waals surface area contributed by atoms with E-state index in [1.807, 2.05) is 44.2 Å². The highest BCUT2D eigenvalue weighted by molar-refractivity contribution is 5.79. The summed E-state index contributed by atoms with van der Waals surface area (Å²) in [6.45, 7) is 3.68. The number of aromatic amines is 1. The molecule has 0 amide bonds. The number of aliphatic hydroxyl groups is 1. The molecule has 0 aliphatic heterocycles. The van der Waals surface area contributed by atoms with Crippen molar-refractivity contribution in [2.24, 2.45) is 0 Å². The van der Waals surface area contributed by atoms with Crippen LogP contribution in [0.5, 0.6) is 0 Å². The van der Waals surface area contributed by atoms with Crippen LogP contribution in [0.2, 0.25) is 0 Å². The molecule has 0 fully saturated rings. The van der Waals surface area contributed by atoms with Gasteiger partial charge in [0.1, 0.15) is 0 Å². The number of aliphatic hydroxyl groups excluding tert-OH is 1. The Hall–Kier alpha value is -2.40. The van der Waals surface area contributed by atoms with Crippen molar-refractivity contribution in [1.29, 1.82) is 0 Å². The first kappa shape index (κ1) is 13.6. The lowest BCUT2D eigenvalue weighted by atomic mass is 10.1. The lowest BCUT2D eigenvalue weighted by Gasteiger charge is -2.05. The van der Waals surface area contributed by atoms with Crippen LogP contribution in [-0.4, -0.2) is 26.3 Å². The average Bonchev–Trinajstić information content (AvgIpc) is 2.81. The predicted molar refractivity (Wildman–Crippen MR) is 81.5 cm³/mol. The normalized spacial score (nSPS) is 11.2. The van der Waals surface area contributed by atoms with Gasteiger partial charge >= 0.3 is 0 Å². The lowest BCUT2D eigenvalue weighted by molar-refractivity contribution is 0.298. The van der Waals surface area contributed by atoms with Crippen LogP contribution in [0.3, 0.4) is 0 Å². The number of nitrogens with one attached hydrogen (secondary N) is 1. The number of rotatable bonds is 3. The van der Waals surface area contributed by atoms with Gasteiger partial charge < -0.3 is 5.11 Å². The van der Waals surface area contributed by atoms with Crippen LogP contribution in [-0.2, 0) is 6.42 Å². The molecule has 5 nitrogen and oxygen atoms in total. The first-order valence-electron chi connectivity index (χ1n) is 6.90. The van der Waals surface area contributed by atoms with Gasteiger partial charge in [0.2, 0.25) is 0 Å². The van der Waals surface area contributed by atoms with Crippen molar-refractivity contribution in [3.05, 3.63) is 57.6 Å². The molecule has 21 heavy (non-hydrogen) atoms. The van der Waals surface area contributed by atoms with Crippen LogP contribution in [0.1, 0.15) is 17.0 Å². The fourth-order valence-electron chi connectivity index (χ4n) is 2.68. The van der Waals surface area contributed by atoms with Gasteiger partial charge in [0.25, 0.3) is 5.56 Å². The van der Waals surface area contributed by atoms with Crippen molar-refractivity contribution >= 4 is 5.65 Å². The van der Waals surface area contributed by atoms with Gasteiger partial charge in [0.15, 0.2) is 5.65 Å². The average molecular weight is 283 g/mol. The van der Waals surface area contributed by atoms with E-state index in [4.69, 9.17) is 5.11 Å². The molecule has 0 atom stereocenters. The molecule has 0 aliphatic rings. The fourth-order valence-corrected chi connectivity index (χ4v) is 2.68. The summed E-state index contributed by atoms with van der Waals surface area (Å²) in [4.78, 5) is 17.1. The largest absolute Gasteiger partial charge is 0.396 e. The van der Waals surface area contributed by atoms with Crippen LogP contribution in [0, 0.1) is 13.8 Å². The quantitative estimate of drug-likeness (QED) is 0.770. The van der Waals surface area contributed by atoms with Crippen molar-refractivity contribution in [3.8, 4) is 11.1 Å². The van der Waals surface area contributed by atoms with Crippen LogP contribution in [0.25, 0.3) is 16.8 Å². The molecule has 2 N–H and O–H groups in total. The Morgan fingerprint density at radius 2 is 1.95 bits per heavy atom. The Balaban J connectivity index is 2.34. The zero-order valence-corrected chi connectivity index (χ0v) is 12.1. The van der Waals surface area contributed by atoms with Gasteiger partial charge in [-0.15, -0.1) is 0 Å². The Labute approximate surface area is 121 Å². The summed E-state index contributed by atoms with van der Waals surface area (Å²) in [5.41, 5.74) is 4.56. The molecule has 0 radical (unpaired) electrons. The smallest absolute Gasteiger partial charge is 0.276 e. The molecule has 0 saturated heterocycles. The number of hydrogen-bond acceptors (Lipinski definition) is 3. The molecule has 0 bridgehead atoms. The van der Waals surface area contributed by atoms with E-state index < -0.39 is 0 Å². The number of H-pyrrole nitrogens is 1. The molecule has 108 valence electrons. The molecule has 3 rings (SSSR count). The highest BCUT2D eigenvalue weighted by Gasteiger charge is 2.16. The van der Waals surface area contributed by atoms with Gasteiger partial charge in [-0.3, -0.25) is 9.89 Å². The van der Waals surface area contributed by atoms with Gasteiger partial charge in [0.05, 0.1) is 0 Å². The Kier molecular flexibility index (Phi) is 3.35. The number of benzene rings is 1. The minimum Gasteiger partial charge on any atom is -0.396 e. The Morgan fingerprint density at radius 1 is 1.24 bits per heavy atom. The third-order valence-electron chi connectivity index (χ3n) is 3.69. The summed E-state index contributed by atoms with van der Waals surface area (Å²) in [6.07, 6.45) is 0.319. The molecule has 0 aliphatic carbocycles. The topological polar surface area (TPSA) is 70.4 Å². The predicted octanol–water partition coefficient (Wildman–Crippen LogP) is 1.84. The zero-order valence-electron chi connectivity index (χ0n) is 12.1. The monoisotopic (exact) mass is 283 g/mol. The van der Waals surface area contributed by atoms with Crippen LogP contribution >= 0.6 is 0 Å². The molecule has 3 aromatic rings. The van der Waals surface area contributed by atoms with Gasteiger partial charge in [0, 0.05) is 35.5 Å². The molecule has 0 unspecified atom stereocenters. The van der Waals surface area contributed by atoms with E-state index in [0.29, 0.717) is 23.3 Å². The standard InChI is InChI=1S/C16H17N3O2/c1-10-13(8-9-20)16(21)19-15(17-10)14(11(2)18-19)12-6-4-3-5-7-12/h3-7,18,20H,8-9H2,1-2H3. The van der Waals surface area contributed by atoms with E-state index >= 15 is 0 Å². The highest BCUT2D eigenvalue weighted by atomic mass is 16.3. The molecule has 0 saturated carbocycles. The molecule has 5 heteroatoms. The number of nitrogens with zero attached hydrogens (tertiary/aromatic N) is 2. The van der Waals surface area contributed by atoms with Gasteiger partial charge in [-0.1, -0.05) is 30.3 Å². The summed E-state index contributed by atoms with van der Waals surface area (Å²) >= 11 is 0. The van der Waals surface area contributed by atoms with E-state index in [1.54, 1.807) is 0 Å². The minimum atomic E-state index is -0.142. The Bertz CT molecular complexity index is 847. The van der Waals surface area contributed by atoms with E-state index in [0.717, 1.165) is 16.8 Å². The Morgan fingerprint density at radius 3 is 2.62 bits per heavy atom. The van der Waals surface area contributed by atoms with E-state index in [9.17, 15) is 4.79 Å². The maximum atomic E-state index is 12.5. The SMILES string of the molecule is Cc1nc2c(-c3ccccc3)c(C)[nH]n2c(=O)c1CCO. The maximum absolute atomic E-state index is 12.5. The van der Waals surface area contributed by atoms with Crippen molar-refractivity contribution < 1.29 is 5.11 Å². The summed E-state index contributed by atoms with van der Waals surface area (Å²) in [7, 11) is 0. The molecular weight excluding hydrogens is 266 g/mol. The number of aryl methyl sites for hydroxylation is 2. The van der Waals surface area contributed by atoms with E-state index in [2.05, 4.69) is 10.1 Å². The number of fused-ring (bicyclic) bond motifs is 1. The van der Waals surface area contributed by atoms with Crippen LogP contribution in [0.15, 0.2) is 35.1 Å². The van der Waals surface area contributed by atoms with Crippen molar-refractivity contribution in [2.75, 3.05) is 6.61 Å². The fraction of sp³-hybridized carbons (Fsp3) is 0.250. The first-order valence-corrected chi connectivity index (χ1v) is 6.90. The second kappa shape index (κ2) is 5.18. The molecule has 1 aromatic carbocycles. The summed E-state index contributed by atoms with van der Waals surface area (Å²) in [5.74, 6) is 0. The van der Waals surface area contributed by atoms with Gasteiger partial charge in [-0.25, -0.2) is 9.50 Å². The lowest BCUT2D eigenvalue weighted by Crippen LogP contribution is -2.22. The second-order valence-corrected chi connectivity index (χ2v) is 5.09. The summed E-state index contributed by atoms with van der Waals surface area (Å²) < 4.78 is 1.47. The van der Waals surface area contributed by atoms with Crippen molar-refractivity contribution in [1.82, 2.24) is 14.6 Å². The van der Waals surface area contributed by atoms with Gasteiger partial charge in [-0.2, -0.15) is 0 Å². The molecule has 2 heterocycles. The van der Waals surface area contributed by atoms with Gasteiger partial charge in [-0.05, 0) is 19.4 Å². The third-order valence-corrected chi connectivity index (χ3v) is 3.69. The second-order valence-electron chi connectivity index (χ2n) is 5.09. The van der Waals surface area contributed by atoms with Crippen LogP contribution < -0.4 is 5.56 Å². The van der Waals surface area contributed by atoms with Crippen LogP contribution in [0.4, 0.5) is 0 Å². The molecule has 0 spiro atoms. The number of aromatic nitrogens is 3. The summed E-state index contributed by atoms with van der Waals surface area (Å²) in [6, 6.07) is 9.88. The van der Waals surface area contributed by atoms with Crippen molar-refractivity contribution in [2.45, 2.75) is 20.3 Å².